The van der Waals surface area contributed by atoms with Crippen LogP contribution in [0.3, 0.4) is 0 Å². The molecule has 1 aliphatic rings. The van der Waals surface area contributed by atoms with Gasteiger partial charge in [-0.25, -0.2) is 8.78 Å². The van der Waals surface area contributed by atoms with Crippen LogP contribution in [0.15, 0.2) is 18.2 Å². The Morgan fingerprint density at radius 3 is 2.44 bits per heavy atom. The molecule has 16 heavy (non-hydrogen) atoms. The zero-order valence-corrected chi connectivity index (χ0v) is 8.96. The molecule has 1 aromatic rings. The predicted octanol–water partition coefficient (Wildman–Crippen LogP) is 2.36. The Bertz CT molecular complexity index is 350. The van der Waals surface area contributed by atoms with Gasteiger partial charge in [-0.15, -0.1) is 0 Å². The Morgan fingerprint density at radius 1 is 1.19 bits per heavy atom. The van der Waals surface area contributed by atoms with Crippen molar-refractivity contribution < 1.29 is 13.5 Å². The maximum atomic E-state index is 12.9. The van der Waals surface area contributed by atoms with Gasteiger partial charge in [-0.2, -0.15) is 0 Å². The van der Waals surface area contributed by atoms with Gasteiger partial charge in [0, 0.05) is 12.1 Å². The summed E-state index contributed by atoms with van der Waals surface area (Å²) in [4.78, 5) is 0. The Balaban J connectivity index is 1.94. The van der Waals surface area contributed by atoms with Gasteiger partial charge in [0.05, 0.1) is 12.7 Å². The Morgan fingerprint density at radius 2 is 1.88 bits per heavy atom. The van der Waals surface area contributed by atoms with Crippen LogP contribution in [0, 0.1) is 11.6 Å². The van der Waals surface area contributed by atoms with Gasteiger partial charge in [-0.3, -0.25) is 0 Å². The largest absolute Gasteiger partial charge is 0.372 e. The third-order valence-electron chi connectivity index (χ3n) is 2.89. The van der Waals surface area contributed by atoms with Crippen molar-refractivity contribution in [3.63, 3.8) is 0 Å². The van der Waals surface area contributed by atoms with Crippen molar-refractivity contribution in [2.75, 3.05) is 0 Å². The van der Waals surface area contributed by atoms with Crippen molar-refractivity contribution in [1.82, 2.24) is 0 Å². The number of hydrogen-bond acceptors (Lipinski definition) is 2. The van der Waals surface area contributed by atoms with Crippen molar-refractivity contribution in [1.29, 1.82) is 0 Å². The fourth-order valence-electron chi connectivity index (χ4n) is 2.06. The minimum atomic E-state index is -0.575. The lowest BCUT2D eigenvalue weighted by molar-refractivity contribution is 0.0355. The molecule has 2 unspecified atom stereocenters. The fourth-order valence-corrected chi connectivity index (χ4v) is 2.06. The van der Waals surface area contributed by atoms with E-state index >= 15 is 0 Å². The average Bonchev–Trinajstić information content (AvgIpc) is 2.59. The van der Waals surface area contributed by atoms with Gasteiger partial charge in [-0.1, -0.05) is 0 Å². The van der Waals surface area contributed by atoms with Gasteiger partial charge in [0.15, 0.2) is 0 Å². The summed E-state index contributed by atoms with van der Waals surface area (Å²) in [5.41, 5.74) is 6.34. The van der Waals surface area contributed by atoms with Gasteiger partial charge in [0.25, 0.3) is 0 Å². The van der Waals surface area contributed by atoms with Gasteiger partial charge in [-0.05, 0) is 37.0 Å². The van der Waals surface area contributed by atoms with E-state index in [2.05, 4.69) is 0 Å². The second-order valence-electron chi connectivity index (χ2n) is 4.22. The van der Waals surface area contributed by atoms with E-state index in [4.69, 9.17) is 10.5 Å². The lowest BCUT2D eigenvalue weighted by atomic mass is 10.2. The van der Waals surface area contributed by atoms with Crippen LogP contribution in [0.4, 0.5) is 8.78 Å². The van der Waals surface area contributed by atoms with Gasteiger partial charge in [0.2, 0.25) is 0 Å². The smallest absolute Gasteiger partial charge is 0.126 e. The maximum absolute atomic E-state index is 12.9. The van der Waals surface area contributed by atoms with Gasteiger partial charge in [0.1, 0.15) is 11.6 Å². The molecule has 2 rings (SSSR count). The number of ether oxygens (including phenoxy) is 1. The van der Waals surface area contributed by atoms with Crippen molar-refractivity contribution in [3.05, 3.63) is 35.4 Å². The van der Waals surface area contributed by atoms with Gasteiger partial charge >= 0.3 is 0 Å². The van der Waals surface area contributed by atoms with Crippen LogP contribution in [0.25, 0.3) is 0 Å². The van der Waals surface area contributed by atoms with Crippen molar-refractivity contribution >= 4 is 0 Å². The van der Waals surface area contributed by atoms with E-state index in [1.165, 1.54) is 12.1 Å². The summed E-state index contributed by atoms with van der Waals surface area (Å²) in [6, 6.07) is 3.47. The number of benzene rings is 1. The molecule has 2 atom stereocenters. The minimum absolute atomic E-state index is 0.0197. The zero-order chi connectivity index (χ0) is 11.5. The number of halogens is 2. The predicted molar refractivity (Wildman–Crippen MR) is 56.8 cm³/mol. The monoisotopic (exact) mass is 227 g/mol. The normalized spacial score (nSPS) is 24.9. The summed E-state index contributed by atoms with van der Waals surface area (Å²) in [7, 11) is 0. The molecule has 88 valence electrons. The van der Waals surface area contributed by atoms with Crippen molar-refractivity contribution in [2.24, 2.45) is 5.73 Å². The second kappa shape index (κ2) is 4.89. The van der Waals surface area contributed by atoms with E-state index in [1.54, 1.807) is 0 Å². The summed E-state index contributed by atoms with van der Waals surface area (Å²) in [5.74, 6) is -1.15. The van der Waals surface area contributed by atoms with E-state index < -0.39 is 11.6 Å². The minimum Gasteiger partial charge on any atom is -0.372 e. The molecule has 1 fully saturated rings. The highest BCUT2D eigenvalue weighted by atomic mass is 19.1. The summed E-state index contributed by atoms with van der Waals surface area (Å²) < 4.78 is 31.3. The number of hydrogen-bond donors (Lipinski definition) is 1. The first kappa shape index (κ1) is 11.5. The molecule has 0 aliphatic heterocycles. The van der Waals surface area contributed by atoms with E-state index in [-0.39, 0.29) is 18.8 Å². The SMILES string of the molecule is NC1CCCC1OCc1cc(F)cc(F)c1. The average molecular weight is 227 g/mol. The number of nitrogens with two attached hydrogens (primary N) is 1. The Labute approximate surface area is 93.4 Å². The molecule has 0 spiro atoms. The summed E-state index contributed by atoms with van der Waals surface area (Å²) in [6.07, 6.45) is 2.97. The van der Waals surface area contributed by atoms with Crippen LogP contribution >= 0.6 is 0 Å². The third-order valence-corrected chi connectivity index (χ3v) is 2.89. The Hall–Kier alpha value is -1.00. The summed E-state index contributed by atoms with van der Waals surface area (Å²) in [6.45, 7) is 0.215. The first-order chi connectivity index (χ1) is 7.65. The highest BCUT2D eigenvalue weighted by Gasteiger charge is 2.24. The zero-order valence-electron chi connectivity index (χ0n) is 8.96. The van der Waals surface area contributed by atoms with Crippen LogP contribution in [0.2, 0.25) is 0 Å². The van der Waals surface area contributed by atoms with Crippen LogP contribution in [0.1, 0.15) is 24.8 Å². The highest BCUT2D eigenvalue weighted by molar-refractivity contribution is 5.17. The van der Waals surface area contributed by atoms with E-state index in [9.17, 15) is 8.78 Å². The van der Waals surface area contributed by atoms with Crippen LogP contribution in [0.5, 0.6) is 0 Å². The van der Waals surface area contributed by atoms with E-state index in [0.29, 0.717) is 5.56 Å². The topological polar surface area (TPSA) is 35.2 Å². The summed E-state index contributed by atoms with van der Waals surface area (Å²) >= 11 is 0. The lowest BCUT2D eigenvalue weighted by Crippen LogP contribution is -2.31. The molecule has 0 amide bonds. The molecular weight excluding hydrogens is 212 g/mol. The molecule has 2 nitrogen and oxygen atoms in total. The molecule has 4 heteroatoms. The maximum Gasteiger partial charge on any atom is 0.126 e. The quantitative estimate of drug-likeness (QED) is 0.860. The molecular formula is C12H15F2NO. The standard InChI is InChI=1S/C12H15F2NO/c13-9-4-8(5-10(14)6-9)7-16-12-3-1-2-11(12)15/h4-6,11-12H,1-3,7,15H2. The van der Waals surface area contributed by atoms with E-state index in [0.717, 1.165) is 25.3 Å². The fraction of sp³-hybridized carbons (Fsp3) is 0.500. The van der Waals surface area contributed by atoms with Crippen LogP contribution in [-0.2, 0) is 11.3 Å². The van der Waals surface area contributed by atoms with Gasteiger partial charge < -0.3 is 10.5 Å². The molecule has 0 saturated heterocycles. The first-order valence-electron chi connectivity index (χ1n) is 5.47. The van der Waals surface area contributed by atoms with Crippen molar-refractivity contribution in [3.8, 4) is 0 Å². The third kappa shape index (κ3) is 2.77. The second-order valence-corrected chi connectivity index (χ2v) is 4.22. The van der Waals surface area contributed by atoms with E-state index in [1.807, 2.05) is 0 Å². The molecule has 1 aliphatic carbocycles. The molecule has 1 aromatic carbocycles. The number of rotatable bonds is 3. The summed E-state index contributed by atoms with van der Waals surface area (Å²) in [5, 5.41) is 0. The van der Waals surface area contributed by atoms with Crippen molar-refractivity contribution in [2.45, 2.75) is 38.0 Å². The molecule has 0 radical (unpaired) electrons. The molecule has 0 aromatic heterocycles. The molecule has 1 saturated carbocycles. The lowest BCUT2D eigenvalue weighted by Gasteiger charge is -2.16. The van der Waals surface area contributed by atoms with Crippen LogP contribution in [-0.4, -0.2) is 12.1 Å². The first-order valence-corrected chi connectivity index (χ1v) is 5.47. The molecule has 2 N–H and O–H groups in total. The highest BCUT2D eigenvalue weighted by Crippen LogP contribution is 2.21. The molecule has 0 heterocycles. The Kier molecular flexibility index (Phi) is 3.51. The molecule has 0 bridgehead atoms. The van der Waals surface area contributed by atoms with Crippen LogP contribution < -0.4 is 5.73 Å².